The average molecular weight is 304 g/mol. The van der Waals surface area contributed by atoms with Gasteiger partial charge in [-0.05, 0) is 38.0 Å². The molecule has 0 aromatic heterocycles. The molecule has 0 bridgehead atoms. The van der Waals surface area contributed by atoms with Crippen molar-refractivity contribution in [1.82, 2.24) is 0 Å². The van der Waals surface area contributed by atoms with Gasteiger partial charge in [0.15, 0.2) is 0 Å². The van der Waals surface area contributed by atoms with E-state index in [2.05, 4.69) is 19.9 Å². The molecule has 2 unspecified atom stereocenters. The average Bonchev–Trinajstić information content (AvgIpc) is 2.47. The summed E-state index contributed by atoms with van der Waals surface area (Å²) in [6, 6.07) is 13.8. The van der Waals surface area contributed by atoms with Crippen LogP contribution in [0.15, 0.2) is 42.5 Å². The van der Waals surface area contributed by atoms with Crippen molar-refractivity contribution in [3.8, 4) is 5.75 Å². The first-order valence-corrected chi connectivity index (χ1v) is 7.64. The van der Waals surface area contributed by atoms with Crippen LogP contribution in [0.2, 0.25) is 5.02 Å². The van der Waals surface area contributed by atoms with Crippen LogP contribution in [0.25, 0.3) is 0 Å². The molecule has 112 valence electrons. The zero-order valence-electron chi connectivity index (χ0n) is 12.8. The largest absolute Gasteiger partial charge is 0.484 e. The molecule has 0 heterocycles. The van der Waals surface area contributed by atoms with Gasteiger partial charge in [0, 0.05) is 16.6 Å². The maximum absolute atomic E-state index is 6.32. The van der Waals surface area contributed by atoms with E-state index in [1.807, 2.05) is 43.3 Å². The number of benzene rings is 2. The Bertz CT molecular complexity index is 612. The van der Waals surface area contributed by atoms with Crippen molar-refractivity contribution in [2.24, 2.45) is 5.73 Å². The van der Waals surface area contributed by atoms with E-state index in [9.17, 15) is 0 Å². The first-order valence-electron chi connectivity index (χ1n) is 7.26. The number of ether oxygens (including phenoxy) is 1. The van der Waals surface area contributed by atoms with E-state index in [1.54, 1.807) is 0 Å². The van der Waals surface area contributed by atoms with Crippen LogP contribution in [0.1, 0.15) is 36.1 Å². The smallest absolute Gasteiger partial charge is 0.140 e. The van der Waals surface area contributed by atoms with Crippen LogP contribution in [-0.4, -0.2) is 6.04 Å². The fourth-order valence-electron chi connectivity index (χ4n) is 2.37. The highest BCUT2D eigenvalue weighted by atomic mass is 35.5. The van der Waals surface area contributed by atoms with E-state index >= 15 is 0 Å². The molecule has 0 saturated carbocycles. The number of hydrogen-bond acceptors (Lipinski definition) is 2. The predicted molar refractivity (Wildman–Crippen MR) is 89.0 cm³/mol. The van der Waals surface area contributed by atoms with Crippen LogP contribution in [0.4, 0.5) is 0 Å². The molecule has 3 heteroatoms. The summed E-state index contributed by atoms with van der Waals surface area (Å²) in [7, 11) is 0. The molecular formula is C18H22ClNO. The molecule has 2 N–H and O–H groups in total. The van der Waals surface area contributed by atoms with Gasteiger partial charge in [0.2, 0.25) is 0 Å². The fourth-order valence-corrected chi connectivity index (χ4v) is 2.61. The number of aryl methyl sites for hydroxylation is 2. The molecule has 2 nitrogen and oxygen atoms in total. The molecular weight excluding hydrogens is 282 g/mol. The molecule has 0 radical (unpaired) electrons. The Labute approximate surface area is 131 Å². The Morgan fingerprint density at radius 2 is 1.86 bits per heavy atom. The molecule has 0 aliphatic carbocycles. The number of halogens is 1. The highest BCUT2D eigenvalue weighted by molar-refractivity contribution is 6.31. The summed E-state index contributed by atoms with van der Waals surface area (Å²) in [5, 5.41) is 0.691. The first kappa shape index (κ1) is 15.9. The molecule has 0 fully saturated rings. The van der Waals surface area contributed by atoms with E-state index in [4.69, 9.17) is 22.1 Å². The zero-order valence-corrected chi connectivity index (χ0v) is 13.5. The third-order valence-corrected chi connectivity index (χ3v) is 4.00. The van der Waals surface area contributed by atoms with Crippen molar-refractivity contribution >= 4 is 11.6 Å². The lowest BCUT2D eigenvalue weighted by Crippen LogP contribution is -2.31. The van der Waals surface area contributed by atoms with E-state index in [-0.39, 0.29) is 12.1 Å². The summed E-state index contributed by atoms with van der Waals surface area (Å²) in [6.07, 6.45) is 0.575. The van der Waals surface area contributed by atoms with Gasteiger partial charge in [0.1, 0.15) is 11.9 Å². The van der Waals surface area contributed by atoms with Crippen LogP contribution >= 0.6 is 11.6 Å². The fraction of sp³-hybridized carbons (Fsp3) is 0.333. The van der Waals surface area contributed by atoms with E-state index in [1.165, 1.54) is 5.56 Å². The quantitative estimate of drug-likeness (QED) is 0.860. The Balaban J connectivity index is 2.35. The summed E-state index contributed by atoms with van der Waals surface area (Å²) in [4.78, 5) is 0. The van der Waals surface area contributed by atoms with E-state index in [0.717, 1.165) is 23.3 Å². The van der Waals surface area contributed by atoms with Crippen molar-refractivity contribution in [3.05, 3.63) is 64.2 Å². The molecule has 21 heavy (non-hydrogen) atoms. The lowest BCUT2D eigenvalue weighted by molar-refractivity contribution is 0.170. The highest BCUT2D eigenvalue weighted by Crippen LogP contribution is 2.32. The third kappa shape index (κ3) is 3.78. The van der Waals surface area contributed by atoms with E-state index < -0.39 is 0 Å². The van der Waals surface area contributed by atoms with Gasteiger partial charge in [-0.1, -0.05) is 54.4 Å². The maximum atomic E-state index is 6.32. The Kier molecular flexibility index (Phi) is 5.27. The van der Waals surface area contributed by atoms with Crippen molar-refractivity contribution < 1.29 is 4.74 Å². The lowest BCUT2D eigenvalue weighted by Gasteiger charge is -2.26. The molecule has 0 saturated heterocycles. The molecule has 0 aliphatic heterocycles. The molecule has 2 rings (SSSR count). The van der Waals surface area contributed by atoms with Crippen LogP contribution in [0.5, 0.6) is 5.75 Å². The molecule has 2 aromatic carbocycles. The maximum Gasteiger partial charge on any atom is 0.140 e. The van der Waals surface area contributed by atoms with Gasteiger partial charge in [-0.15, -0.1) is 0 Å². The minimum atomic E-state index is -0.245. The van der Waals surface area contributed by atoms with Gasteiger partial charge in [-0.25, -0.2) is 0 Å². The number of nitrogens with two attached hydrogens (primary N) is 1. The van der Waals surface area contributed by atoms with Crippen LogP contribution in [-0.2, 0) is 0 Å². The topological polar surface area (TPSA) is 35.2 Å². The second kappa shape index (κ2) is 6.97. The van der Waals surface area contributed by atoms with Crippen molar-refractivity contribution in [2.75, 3.05) is 0 Å². The number of hydrogen-bond donors (Lipinski definition) is 1. The zero-order chi connectivity index (χ0) is 15.4. The summed E-state index contributed by atoms with van der Waals surface area (Å²) in [5.74, 6) is 0.856. The lowest BCUT2D eigenvalue weighted by atomic mass is 10.0. The van der Waals surface area contributed by atoms with Crippen molar-refractivity contribution in [1.29, 1.82) is 0 Å². The second-order valence-corrected chi connectivity index (χ2v) is 5.81. The third-order valence-electron chi connectivity index (χ3n) is 3.66. The summed E-state index contributed by atoms with van der Waals surface area (Å²) in [5.41, 5.74) is 9.52. The van der Waals surface area contributed by atoms with Gasteiger partial charge < -0.3 is 10.5 Å². The minimum Gasteiger partial charge on any atom is -0.484 e. The predicted octanol–water partition coefficient (Wildman–Crippen LogP) is 4.81. The first-order chi connectivity index (χ1) is 10.0. The molecule has 2 atom stereocenters. The SMILES string of the molecule is CCC(N)C(Oc1ccc(C)cc1C)c1ccccc1Cl. The standard InChI is InChI=1S/C18H22ClNO/c1-4-16(20)18(14-7-5-6-8-15(14)19)21-17-10-9-12(2)11-13(17)3/h5-11,16,18H,4,20H2,1-3H3. The van der Waals surface area contributed by atoms with Crippen LogP contribution in [0.3, 0.4) is 0 Å². The van der Waals surface area contributed by atoms with Gasteiger partial charge in [-0.3, -0.25) is 0 Å². The van der Waals surface area contributed by atoms with Crippen LogP contribution in [0, 0.1) is 13.8 Å². The van der Waals surface area contributed by atoms with E-state index in [0.29, 0.717) is 5.02 Å². The molecule has 2 aromatic rings. The number of rotatable bonds is 5. The molecule has 0 aliphatic rings. The summed E-state index contributed by atoms with van der Waals surface area (Å²) in [6.45, 7) is 6.17. The minimum absolute atomic E-state index is 0.106. The summed E-state index contributed by atoms with van der Waals surface area (Å²) >= 11 is 6.32. The van der Waals surface area contributed by atoms with Gasteiger partial charge >= 0.3 is 0 Å². The van der Waals surface area contributed by atoms with Gasteiger partial charge in [-0.2, -0.15) is 0 Å². The van der Waals surface area contributed by atoms with Crippen molar-refractivity contribution in [2.45, 2.75) is 39.3 Å². The highest BCUT2D eigenvalue weighted by Gasteiger charge is 2.23. The normalized spacial score (nSPS) is 13.8. The Morgan fingerprint density at radius 3 is 2.48 bits per heavy atom. The molecule has 0 amide bonds. The van der Waals surface area contributed by atoms with Gasteiger partial charge in [0.25, 0.3) is 0 Å². The van der Waals surface area contributed by atoms with Gasteiger partial charge in [0.05, 0.1) is 0 Å². The van der Waals surface area contributed by atoms with Crippen LogP contribution < -0.4 is 10.5 Å². The summed E-state index contributed by atoms with van der Waals surface area (Å²) < 4.78 is 6.21. The monoisotopic (exact) mass is 303 g/mol. The Hall–Kier alpha value is -1.51. The molecule has 0 spiro atoms. The van der Waals surface area contributed by atoms with Crippen molar-refractivity contribution in [3.63, 3.8) is 0 Å². The second-order valence-electron chi connectivity index (χ2n) is 5.40. The Morgan fingerprint density at radius 1 is 1.14 bits per heavy atom.